The summed E-state index contributed by atoms with van der Waals surface area (Å²) in [5, 5.41) is 1.57. The molecule has 2 aromatic carbocycles. The summed E-state index contributed by atoms with van der Waals surface area (Å²) in [5.41, 5.74) is 3.66. The molecule has 0 fully saturated rings. The zero-order valence-electron chi connectivity index (χ0n) is 14.1. The first-order valence-electron chi connectivity index (χ1n) is 8.53. The Morgan fingerprint density at radius 2 is 1.92 bits per heavy atom. The average molecular weight is 352 g/mol. The lowest BCUT2D eigenvalue weighted by Gasteiger charge is -2.28. The first kappa shape index (κ1) is 16.2. The van der Waals surface area contributed by atoms with Crippen molar-refractivity contribution in [3.63, 3.8) is 0 Å². The molecule has 1 aliphatic heterocycles. The predicted octanol–water partition coefficient (Wildman–Crippen LogP) is 3.54. The Hall–Kier alpha value is -2.24. The number of hydrogen-bond donors (Lipinski definition) is 0. The summed E-state index contributed by atoms with van der Waals surface area (Å²) < 4.78 is 28.0. The number of nitrogens with zero attached hydrogens (tertiary/aromatic N) is 2. The van der Waals surface area contributed by atoms with Crippen molar-refractivity contribution >= 4 is 20.8 Å². The lowest BCUT2D eigenvalue weighted by atomic mass is 9.98. The maximum atomic E-state index is 13.2. The van der Waals surface area contributed by atoms with Crippen molar-refractivity contribution in [2.45, 2.75) is 31.2 Å². The molecule has 0 spiro atoms. The summed E-state index contributed by atoms with van der Waals surface area (Å²) in [4.78, 5) is 4.43. The van der Waals surface area contributed by atoms with E-state index in [0.717, 1.165) is 29.2 Å². The molecule has 0 unspecified atom stereocenters. The van der Waals surface area contributed by atoms with E-state index in [0.29, 0.717) is 18.0 Å². The van der Waals surface area contributed by atoms with Gasteiger partial charge in [0.2, 0.25) is 10.0 Å². The Bertz CT molecular complexity index is 1040. The van der Waals surface area contributed by atoms with Crippen LogP contribution in [0.25, 0.3) is 10.8 Å². The van der Waals surface area contributed by atoms with Crippen LogP contribution in [0.3, 0.4) is 0 Å². The molecule has 0 amide bonds. The number of aromatic nitrogens is 1. The van der Waals surface area contributed by atoms with E-state index in [1.54, 1.807) is 10.5 Å². The van der Waals surface area contributed by atoms with E-state index >= 15 is 0 Å². The van der Waals surface area contributed by atoms with Crippen molar-refractivity contribution in [3.8, 4) is 0 Å². The predicted molar refractivity (Wildman–Crippen MR) is 98.9 cm³/mol. The summed E-state index contributed by atoms with van der Waals surface area (Å²) >= 11 is 0. The number of fused-ring (bicyclic) bond motifs is 2. The Morgan fingerprint density at radius 1 is 1.08 bits per heavy atom. The summed E-state index contributed by atoms with van der Waals surface area (Å²) in [5.74, 6) is 0. The molecule has 0 radical (unpaired) electrons. The molecule has 0 saturated heterocycles. The van der Waals surface area contributed by atoms with Crippen LogP contribution in [-0.2, 0) is 29.4 Å². The van der Waals surface area contributed by atoms with Crippen molar-refractivity contribution in [1.82, 2.24) is 9.29 Å². The van der Waals surface area contributed by atoms with Gasteiger partial charge in [-0.2, -0.15) is 4.31 Å². The smallest absolute Gasteiger partial charge is 0.245 e. The quantitative estimate of drug-likeness (QED) is 0.724. The van der Waals surface area contributed by atoms with E-state index in [1.165, 1.54) is 17.3 Å². The minimum absolute atomic E-state index is 0.291. The van der Waals surface area contributed by atoms with Crippen LogP contribution in [0.4, 0.5) is 0 Å². The van der Waals surface area contributed by atoms with E-state index in [1.807, 2.05) is 24.3 Å². The Kier molecular flexibility index (Phi) is 4.06. The maximum absolute atomic E-state index is 13.2. The summed E-state index contributed by atoms with van der Waals surface area (Å²) in [7, 11) is -3.58. The van der Waals surface area contributed by atoms with Gasteiger partial charge in [0, 0.05) is 36.3 Å². The third-order valence-electron chi connectivity index (χ3n) is 4.91. The molecule has 4 nitrogen and oxygen atoms in total. The fourth-order valence-electron chi connectivity index (χ4n) is 3.44. The van der Waals surface area contributed by atoms with Crippen molar-refractivity contribution in [3.05, 3.63) is 71.5 Å². The summed E-state index contributed by atoms with van der Waals surface area (Å²) in [6, 6.07) is 13.8. The zero-order chi connectivity index (χ0) is 17.4. The molecule has 2 heterocycles. The van der Waals surface area contributed by atoms with Gasteiger partial charge in [-0.3, -0.25) is 4.98 Å². The lowest BCUT2D eigenvalue weighted by molar-refractivity contribution is 0.391. The molecule has 0 saturated carbocycles. The standard InChI is InChI=1S/C20H20N2O2S/c1-2-15-7-8-18-14-22(10-9-16(18)11-15)25(23,24)20-13-21-12-17-5-3-4-6-19(17)20/h3-8,11-13H,2,9-10,14H2,1H3. The first-order chi connectivity index (χ1) is 12.1. The molecule has 0 atom stereocenters. The topological polar surface area (TPSA) is 50.3 Å². The van der Waals surface area contributed by atoms with E-state index in [-0.39, 0.29) is 0 Å². The molecule has 25 heavy (non-hydrogen) atoms. The highest BCUT2D eigenvalue weighted by molar-refractivity contribution is 7.89. The van der Waals surface area contributed by atoms with Gasteiger partial charge in [0.15, 0.2) is 0 Å². The van der Waals surface area contributed by atoms with E-state index < -0.39 is 10.0 Å². The minimum Gasteiger partial charge on any atom is -0.263 e. The Labute approximate surface area is 148 Å². The van der Waals surface area contributed by atoms with Crippen LogP contribution in [-0.4, -0.2) is 24.3 Å². The molecule has 4 rings (SSSR count). The van der Waals surface area contributed by atoms with Gasteiger partial charge in [-0.05, 0) is 29.5 Å². The first-order valence-corrected chi connectivity index (χ1v) is 9.97. The van der Waals surface area contributed by atoms with Crippen molar-refractivity contribution in [2.24, 2.45) is 0 Å². The molecular formula is C20H20N2O2S. The van der Waals surface area contributed by atoms with E-state index in [4.69, 9.17) is 0 Å². The van der Waals surface area contributed by atoms with Gasteiger partial charge in [0.1, 0.15) is 4.90 Å². The van der Waals surface area contributed by atoms with Gasteiger partial charge in [-0.25, -0.2) is 8.42 Å². The highest BCUT2D eigenvalue weighted by Crippen LogP contribution is 2.29. The van der Waals surface area contributed by atoms with Crippen molar-refractivity contribution in [2.75, 3.05) is 6.54 Å². The van der Waals surface area contributed by atoms with Gasteiger partial charge in [0.25, 0.3) is 0 Å². The maximum Gasteiger partial charge on any atom is 0.245 e. The van der Waals surface area contributed by atoms with Gasteiger partial charge in [-0.15, -0.1) is 0 Å². The van der Waals surface area contributed by atoms with E-state index in [2.05, 4.69) is 30.1 Å². The van der Waals surface area contributed by atoms with Crippen LogP contribution in [0.1, 0.15) is 23.6 Å². The largest absolute Gasteiger partial charge is 0.263 e. The number of sulfonamides is 1. The van der Waals surface area contributed by atoms with Crippen LogP contribution in [0.5, 0.6) is 0 Å². The second-order valence-corrected chi connectivity index (χ2v) is 8.31. The Morgan fingerprint density at radius 3 is 2.76 bits per heavy atom. The van der Waals surface area contributed by atoms with Gasteiger partial charge >= 0.3 is 0 Å². The second kappa shape index (κ2) is 6.24. The molecule has 3 aromatic rings. The molecule has 0 N–H and O–H groups in total. The average Bonchev–Trinajstić information content (AvgIpc) is 2.66. The van der Waals surface area contributed by atoms with Crippen molar-refractivity contribution in [1.29, 1.82) is 0 Å². The third-order valence-corrected chi connectivity index (χ3v) is 6.78. The number of benzene rings is 2. The number of aryl methyl sites for hydroxylation is 1. The lowest BCUT2D eigenvalue weighted by Crippen LogP contribution is -2.36. The Balaban J connectivity index is 1.73. The van der Waals surface area contributed by atoms with Gasteiger partial charge < -0.3 is 0 Å². The van der Waals surface area contributed by atoms with Crippen LogP contribution >= 0.6 is 0 Å². The van der Waals surface area contributed by atoms with E-state index in [9.17, 15) is 8.42 Å². The highest BCUT2D eigenvalue weighted by Gasteiger charge is 2.29. The van der Waals surface area contributed by atoms with Gasteiger partial charge in [-0.1, -0.05) is 49.4 Å². The monoisotopic (exact) mass is 352 g/mol. The van der Waals surface area contributed by atoms with Gasteiger partial charge in [0.05, 0.1) is 0 Å². The molecule has 128 valence electrons. The van der Waals surface area contributed by atoms with Crippen LogP contribution in [0, 0.1) is 0 Å². The number of rotatable bonds is 3. The molecule has 0 aliphatic carbocycles. The fourth-order valence-corrected chi connectivity index (χ4v) is 5.02. The molecule has 1 aliphatic rings. The zero-order valence-corrected chi connectivity index (χ0v) is 15.0. The van der Waals surface area contributed by atoms with Crippen molar-refractivity contribution < 1.29 is 8.42 Å². The second-order valence-electron chi connectivity index (χ2n) is 6.40. The molecular weight excluding hydrogens is 332 g/mol. The third kappa shape index (κ3) is 2.83. The normalized spacial score (nSPS) is 15.2. The van der Waals surface area contributed by atoms with Crippen LogP contribution in [0.15, 0.2) is 59.8 Å². The summed E-state index contributed by atoms with van der Waals surface area (Å²) in [6.45, 7) is 3.06. The highest BCUT2D eigenvalue weighted by atomic mass is 32.2. The number of pyridine rings is 1. The minimum atomic E-state index is -3.58. The van der Waals surface area contributed by atoms with Crippen LogP contribution in [0.2, 0.25) is 0 Å². The summed E-state index contributed by atoms with van der Waals surface area (Å²) in [6.07, 6.45) is 4.91. The SMILES string of the molecule is CCc1ccc2c(c1)CCN(S(=O)(=O)c1cncc3ccccc13)C2. The van der Waals surface area contributed by atoms with Crippen LogP contribution < -0.4 is 0 Å². The molecule has 1 aromatic heterocycles. The number of hydrogen-bond acceptors (Lipinski definition) is 3. The molecule has 0 bridgehead atoms. The fraction of sp³-hybridized carbons (Fsp3) is 0.250. The molecule has 5 heteroatoms.